The van der Waals surface area contributed by atoms with Crippen LogP contribution in [0.5, 0.6) is 0 Å². The van der Waals surface area contributed by atoms with Gasteiger partial charge in [-0.2, -0.15) is 0 Å². The number of carbonyl (C=O) groups is 1. The van der Waals surface area contributed by atoms with Crippen molar-refractivity contribution in [2.45, 2.75) is 33.0 Å². The van der Waals surface area contributed by atoms with Gasteiger partial charge in [0, 0.05) is 19.2 Å². The first-order chi connectivity index (χ1) is 10.4. The normalized spacial score (nSPS) is 21.5. The van der Waals surface area contributed by atoms with Gasteiger partial charge < -0.3 is 14.4 Å². The molecule has 7 heteroatoms. The third-order valence-electron chi connectivity index (χ3n) is 3.44. The molecule has 1 aliphatic heterocycles. The number of rotatable bonds is 4. The van der Waals surface area contributed by atoms with Crippen LogP contribution in [-0.4, -0.2) is 42.8 Å². The highest BCUT2D eigenvalue weighted by Crippen LogP contribution is 2.31. The van der Waals surface area contributed by atoms with E-state index in [-0.39, 0.29) is 30.1 Å². The molecule has 1 aromatic carbocycles. The van der Waals surface area contributed by atoms with E-state index in [1.165, 1.54) is 6.07 Å². The van der Waals surface area contributed by atoms with Crippen LogP contribution in [0.2, 0.25) is 0 Å². The number of hydrogen-bond acceptors (Lipinski definition) is 6. The van der Waals surface area contributed by atoms with Gasteiger partial charge in [-0.25, -0.2) is 4.79 Å². The molecule has 0 aromatic heterocycles. The monoisotopic (exact) mass is 308 g/mol. The molecular weight excluding hydrogens is 288 g/mol. The first-order valence-electron chi connectivity index (χ1n) is 7.28. The van der Waals surface area contributed by atoms with Gasteiger partial charge in [-0.3, -0.25) is 10.1 Å². The maximum atomic E-state index is 11.7. The summed E-state index contributed by atoms with van der Waals surface area (Å²) in [4.78, 5) is 24.5. The maximum absolute atomic E-state index is 11.7. The van der Waals surface area contributed by atoms with Crippen LogP contribution in [0, 0.1) is 10.1 Å². The molecule has 0 bridgehead atoms. The van der Waals surface area contributed by atoms with Crippen molar-refractivity contribution in [3.05, 3.63) is 33.9 Å². The highest BCUT2D eigenvalue weighted by atomic mass is 16.6. The van der Waals surface area contributed by atoms with E-state index < -0.39 is 10.9 Å². The van der Waals surface area contributed by atoms with Crippen molar-refractivity contribution in [2.24, 2.45) is 0 Å². The number of ether oxygens (including phenoxy) is 2. The smallest absolute Gasteiger partial charge is 0.338 e. The van der Waals surface area contributed by atoms with Crippen LogP contribution in [0.25, 0.3) is 0 Å². The van der Waals surface area contributed by atoms with Crippen LogP contribution >= 0.6 is 0 Å². The lowest BCUT2D eigenvalue weighted by molar-refractivity contribution is -0.384. The summed E-state index contributed by atoms with van der Waals surface area (Å²) in [6, 6.07) is 4.44. The molecule has 1 fully saturated rings. The van der Waals surface area contributed by atoms with Gasteiger partial charge in [-0.15, -0.1) is 0 Å². The number of esters is 1. The number of morpholine rings is 1. The summed E-state index contributed by atoms with van der Waals surface area (Å²) in [6.07, 6.45) is -0.0128. The number of nitro groups is 1. The Morgan fingerprint density at radius 1 is 1.41 bits per heavy atom. The summed E-state index contributed by atoms with van der Waals surface area (Å²) in [5.41, 5.74) is 0.596. The molecule has 1 aromatic rings. The van der Waals surface area contributed by atoms with Gasteiger partial charge in [0.2, 0.25) is 0 Å². The molecule has 0 spiro atoms. The fourth-order valence-corrected chi connectivity index (χ4v) is 2.65. The van der Waals surface area contributed by atoms with Crippen molar-refractivity contribution in [1.82, 2.24) is 0 Å². The Morgan fingerprint density at radius 2 is 2.05 bits per heavy atom. The molecule has 7 nitrogen and oxygen atoms in total. The van der Waals surface area contributed by atoms with Gasteiger partial charge in [0.15, 0.2) is 0 Å². The summed E-state index contributed by atoms with van der Waals surface area (Å²) < 4.78 is 10.5. The van der Waals surface area contributed by atoms with Gasteiger partial charge >= 0.3 is 5.97 Å². The zero-order valence-corrected chi connectivity index (χ0v) is 12.9. The van der Waals surface area contributed by atoms with Crippen LogP contribution < -0.4 is 4.90 Å². The largest absolute Gasteiger partial charge is 0.462 e. The Morgan fingerprint density at radius 3 is 2.59 bits per heavy atom. The molecule has 1 aliphatic rings. The summed E-state index contributed by atoms with van der Waals surface area (Å²) in [7, 11) is 0. The quantitative estimate of drug-likeness (QED) is 0.482. The van der Waals surface area contributed by atoms with Crippen LogP contribution in [0.3, 0.4) is 0 Å². The molecule has 0 aliphatic carbocycles. The van der Waals surface area contributed by atoms with Crippen LogP contribution in [0.1, 0.15) is 31.1 Å². The highest BCUT2D eigenvalue weighted by molar-refractivity contribution is 5.91. The van der Waals surface area contributed by atoms with E-state index in [9.17, 15) is 14.9 Å². The number of anilines is 1. The Hall–Kier alpha value is -2.15. The summed E-state index contributed by atoms with van der Waals surface area (Å²) in [5.74, 6) is -0.555. The van der Waals surface area contributed by atoms with Crippen LogP contribution in [-0.2, 0) is 9.47 Å². The van der Waals surface area contributed by atoms with Crippen molar-refractivity contribution in [1.29, 1.82) is 0 Å². The Balaban J connectivity index is 2.35. The second-order valence-corrected chi connectivity index (χ2v) is 5.34. The van der Waals surface area contributed by atoms with Gasteiger partial charge in [0.25, 0.3) is 5.69 Å². The molecule has 0 amide bonds. The zero-order chi connectivity index (χ0) is 16.3. The minimum Gasteiger partial charge on any atom is -0.462 e. The Bertz CT molecular complexity index is 565. The van der Waals surface area contributed by atoms with E-state index in [0.717, 1.165) is 0 Å². The van der Waals surface area contributed by atoms with Gasteiger partial charge in [-0.05, 0) is 32.9 Å². The van der Waals surface area contributed by atoms with Gasteiger partial charge in [-0.1, -0.05) is 0 Å². The minimum atomic E-state index is -0.555. The molecule has 0 radical (unpaired) electrons. The Kier molecular flexibility index (Phi) is 4.97. The van der Waals surface area contributed by atoms with E-state index in [1.807, 2.05) is 18.7 Å². The molecule has 0 unspecified atom stereocenters. The standard InChI is InChI=1S/C15H20N2O5/c1-4-21-15(18)12-5-6-13(14(7-12)17(19)20)16-8-10(2)22-11(3)9-16/h5-7,10-11H,4,8-9H2,1-3H3/t10-,11-/m1/s1. The number of carbonyl (C=O) groups excluding carboxylic acids is 1. The highest BCUT2D eigenvalue weighted by Gasteiger charge is 2.28. The Labute approximate surface area is 129 Å². The average Bonchev–Trinajstić information content (AvgIpc) is 2.45. The van der Waals surface area contributed by atoms with E-state index in [0.29, 0.717) is 18.8 Å². The molecule has 1 saturated heterocycles. The maximum Gasteiger partial charge on any atom is 0.338 e. The van der Waals surface area contributed by atoms with Crippen molar-refractivity contribution in [3.8, 4) is 0 Å². The molecule has 2 rings (SSSR count). The van der Waals surface area contributed by atoms with Gasteiger partial charge in [0.1, 0.15) is 5.69 Å². The number of nitrogens with zero attached hydrogens (tertiary/aromatic N) is 2. The number of hydrogen-bond donors (Lipinski definition) is 0. The van der Waals surface area contributed by atoms with Crippen LogP contribution in [0.15, 0.2) is 18.2 Å². The topological polar surface area (TPSA) is 81.9 Å². The SMILES string of the molecule is CCOC(=O)c1ccc(N2C[C@@H](C)O[C@H](C)C2)c([N+](=O)[O-])c1. The van der Waals surface area contributed by atoms with E-state index in [1.54, 1.807) is 19.1 Å². The van der Waals surface area contributed by atoms with E-state index in [4.69, 9.17) is 9.47 Å². The first kappa shape index (κ1) is 16.2. The number of nitro benzene ring substituents is 1. The van der Waals surface area contributed by atoms with E-state index in [2.05, 4.69) is 0 Å². The fraction of sp³-hybridized carbons (Fsp3) is 0.533. The molecule has 0 saturated carbocycles. The van der Waals surface area contributed by atoms with Gasteiger partial charge in [0.05, 0.1) is 29.3 Å². The minimum absolute atomic E-state index is 0.00640. The lowest BCUT2D eigenvalue weighted by Crippen LogP contribution is -2.45. The molecular formula is C15H20N2O5. The van der Waals surface area contributed by atoms with E-state index >= 15 is 0 Å². The predicted octanol–water partition coefficient (Wildman–Crippen LogP) is 2.39. The molecule has 2 atom stereocenters. The van der Waals surface area contributed by atoms with Crippen LogP contribution in [0.4, 0.5) is 11.4 Å². The lowest BCUT2D eigenvalue weighted by Gasteiger charge is -2.36. The second-order valence-electron chi connectivity index (χ2n) is 5.34. The summed E-state index contributed by atoms with van der Waals surface area (Å²) >= 11 is 0. The summed E-state index contributed by atoms with van der Waals surface area (Å²) in [5, 5.41) is 11.4. The molecule has 22 heavy (non-hydrogen) atoms. The van der Waals surface area contributed by atoms with Crippen molar-refractivity contribution < 1.29 is 19.2 Å². The molecule has 1 heterocycles. The third-order valence-corrected chi connectivity index (χ3v) is 3.44. The predicted molar refractivity (Wildman–Crippen MR) is 81.3 cm³/mol. The second kappa shape index (κ2) is 6.74. The van der Waals surface area contributed by atoms with Crippen molar-refractivity contribution in [2.75, 3.05) is 24.6 Å². The summed E-state index contributed by atoms with van der Waals surface area (Å²) in [6.45, 7) is 6.93. The molecule has 120 valence electrons. The zero-order valence-electron chi connectivity index (χ0n) is 12.9. The third kappa shape index (κ3) is 3.54. The molecule has 0 N–H and O–H groups in total. The fourth-order valence-electron chi connectivity index (χ4n) is 2.65. The lowest BCUT2D eigenvalue weighted by atomic mass is 10.1. The average molecular weight is 308 g/mol. The number of benzene rings is 1. The first-order valence-corrected chi connectivity index (χ1v) is 7.28. The van der Waals surface area contributed by atoms with Crippen molar-refractivity contribution >= 4 is 17.3 Å². The van der Waals surface area contributed by atoms with Crippen molar-refractivity contribution in [3.63, 3.8) is 0 Å².